The van der Waals surface area contributed by atoms with Gasteiger partial charge in [-0.3, -0.25) is 0 Å². The summed E-state index contributed by atoms with van der Waals surface area (Å²) in [5.74, 6) is 3.40. The van der Waals surface area contributed by atoms with Gasteiger partial charge in [0.15, 0.2) is 0 Å². The lowest BCUT2D eigenvalue weighted by molar-refractivity contribution is 0.123. The van der Waals surface area contributed by atoms with E-state index in [9.17, 15) is 4.21 Å². The average Bonchev–Trinajstić information content (AvgIpc) is 2.33. The van der Waals surface area contributed by atoms with E-state index in [4.69, 9.17) is 4.74 Å². The number of hydrogen-bond donors (Lipinski definition) is 0. The second-order valence-corrected chi connectivity index (χ2v) is 6.35. The Morgan fingerprint density at radius 3 is 2.39 bits per heavy atom. The monoisotopic (exact) mass is 264 g/mol. The van der Waals surface area contributed by atoms with Crippen molar-refractivity contribution in [3.05, 3.63) is 35.9 Å². The summed E-state index contributed by atoms with van der Waals surface area (Å²) in [6.07, 6.45) is -0.165. The van der Waals surface area contributed by atoms with Gasteiger partial charge >= 0.3 is 0 Å². The van der Waals surface area contributed by atoms with Crippen molar-refractivity contribution in [2.75, 3.05) is 12.9 Å². The number of rotatable bonds is 4. The van der Waals surface area contributed by atoms with Crippen LogP contribution >= 0.6 is 0 Å². The Kier molecular flexibility index (Phi) is 5.58. The Bertz CT molecular complexity index is 449. The summed E-state index contributed by atoms with van der Waals surface area (Å²) in [5.41, 5.74) is 0.913. The van der Waals surface area contributed by atoms with Crippen LogP contribution in [0.15, 0.2) is 30.3 Å². The molecule has 0 N–H and O–H groups in total. The Hall–Kier alpha value is -1.11. The Labute approximate surface area is 112 Å². The highest BCUT2D eigenvalue weighted by Crippen LogP contribution is 2.17. The fourth-order valence-corrected chi connectivity index (χ4v) is 2.46. The molecule has 0 heterocycles. The normalized spacial score (nSPS) is 14.4. The molecule has 0 radical (unpaired) electrons. The molecule has 98 valence electrons. The minimum absolute atomic E-state index is 0.120. The highest BCUT2D eigenvalue weighted by atomic mass is 32.2. The molecule has 1 aromatic carbocycles. The van der Waals surface area contributed by atoms with E-state index in [1.54, 1.807) is 7.11 Å². The van der Waals surface area contributed by atoms with Crippen LogP contribution < -0.4 is 0 Å². The first-order valence-corrected chi connectivity index (χ1v) is 7.23. The highest BCUT2D eigenvalue weighted by molar-refractivity contribution is 7.89. The van der Waals surface area contributed by atoms with Crippen molar-refractivity contribution in [2.45, 2.75) is 26.9 Å². The Balaban J connectivity index is 2.70. The number of benzene rings is 1. The first-order chi connectivity index (χ1) is 8.42. The molecule has 0 saturated carbocycles. The third-order valence-corrected chi connectivity index (χ3v) is 3.23. The summed E-state index contributed by atoms with van der Waals surface area (Å²) >= 11 is 0. The SMILES string of the molecule is COC(CS(=O)C#CC(C)(C)C)c1ccccc1. The fourth-order valence-electron chi connectivity index (χ4n) is 1.36. The molecule has 0 fully saturated rings. The average molecular weight is 264 g/mol. The van der Waals surface area contributed by atoms with E-state index < -0.39 is 10.8 Å². The fraction of sp³-hybridized carbons (Fsp3) is 0.467. The van der Waals surface area contributed by atoms with Crippen LogP contribution in [0.1, 0.15) is 32.4 Å². The molecule has 0 aliphatic rings. The van der Waals surface area contributed by atoms with Crippen molar-refractivity contribution in [3.8, 4) is 11.2 Å². The van der Waals surface area contributed by atoms with Gasteiger partial charge in [-0.2, -0.15) is 0 Å². The van der Waals surface area contributed by atoms with Gasteiger partial charge < -0.3 is 4.74 Å². The molecule has 0 bridgehead atoms. The van der Waals surface area contributed by atoms with Crippen LogP contribution in [0, 0.1) is 16.6 Å². The summed E-state index contributed by atoms with van der Waals surface area (Å²) < 4.78 is 17.3. The third kappa shape index (κ3) is 5.48. The molecule has 1 aromatic rings. The standard InChI is InChI=1S/C15H20O2S/c1-15(2,3)10-11-18(16)12-14(17-4)13-8-6-5-7-9-13/h5-9,14H,12H2,1-4H3. The molecule has 0 aliphatic heterocycles. The van der Waals surface area contributed by atoms with Crippen molar-refractivity contribution in [3.63, 3.8) is 0 Å². The summed E-state index contributed by atoms with van der Waals surface area (Å²) in [4.78, 5) is 0. The van der Waals surface area contributed by atoms with Gasteiger partial charge in [-0.05, 0) is 31.6 Å². The van der Waals surface area contributed by atoms with Crippen LogP contribution in [0.5, 0.6) is 0 Å². The number of ether oxygens (including phenoxy) is 1. The zero-order valence-corrected chi connectivity index (χ0v) is 12.2. The minimum Gasteiger partial charge on any atom is -0.376 e. The van der Waals surface area contributed by atoms with Gasteiger partial charge in [0.25, 0.3) is 0 Å². The maximum Gasteiger partial charge on any atom is 0.100 e. The number of methoxy groups -OCH3 is 1. The summed E-state index contributed by atoms with van der Waals surface area (Å²) in [6, 6.07) is 9.80. The van der Waals surface area contributed by atoms with Gasteiger partial charge in [0.2, 0.25) is 0 Å². The van der Waals surface area contributed by atoms with Gasteiger partial charge in [0.05, 0.1) is 11.9 Å². The molecule has 0 aliphatic carbocycles. The molecule has 3 heteroatoms. The third-order valence-electron chi connectivity index (χ3n) is 2.30. The smallest absolute Gasteiger partial charge is 0.100 e. The summed E-state index contributed by atoms with van der Waals surface area (Å²) in [6.45, 7) is 6.01. The molecule has 0 amide bonds. The molecule has 0 spiro atoms. The maximum atomic E-state index is 11.9. The van der Waals surface area contributed by atoms with Gasteiger partial charge in [0.1, 0.15) is 10.8 Å². The van der Waals surface area contributed by atoms with Crippen molar-refractivity contribution < 1.29 is 8.95 Å². The van der Waals surface area contributed by atoms with Crippen LogP contribution in [0.4, 0.5) is 0 Å². The highest BCUT2D eigenvalue weighted by Gasteiger charge is 2.13. The largest absolute Gasteiger partial charge is 0.376 e. The Morgan fingerprint density at radius 1 is 1.28 bits per heavy atom. The first-order valence-electron chi connectivity index (χ1n) is 5.91. The predicted octanol–water partition coefficient (Wildman–Crippen LogP) is 3.13. The molecule has 0 saturated heterocycles. The summed E-state index contributed by atoms with van der Waals surface area (Å²) in [7, 11) is 0.448. The topological polar surface area (TPSA) is 26.3 Å². The maximum absolute atomic E-state index is 11.9. The summed E-state index contributed by atoms with van der Waals surface area (Å²) in [5, 5.41) is 2.80. The zero-order valence-electron chi connectivity index (χ0n) is 11.4. The lowest BCUT2D eigenvalue weighted by Gasteiger charge is -2.13. The molecule has 2 unspecified atom stereocenters. The van der Waals surface area contributed by atoms with Gasteiger partial charge in [0, 0.05) is 12.5 Å². The quantitative estimate of drug-likeness (QED) is 0.781. The predicted molar refractivity (Wildman–Crippen MR) is 76.4 cm³/mol. The van der Waals surface area contributed by atoms with Crippen LogP contribution in [0.2, 0.25) is 0 Å². The van der Waals surface area contributed by atoms with Crippen LogP contribution in [-0.4, -0.2) is 17.1 Å². The molecule has 0 aromatic heterocycles. The van der Waals surface area contributed by atoms with E-state index >= 15 is 0 Å². The molecule has 18 heavy (non-hydrogen) atoms. The lowest BCUT2D eigenvalue weighted by Crippen LogP contribution is -2.11. The van der Waals surface area contributed by atoms with Crippen LogP contribution in [0.3, 0.4) is 0 Å². The second kappa shape index (κ2) is 6.72. The van der Waals surface area contributed by atoms with Crippen LogP contribution in [0.25, 0.3) is 0 Å². The molecular formula is C15H20O2S. The molecular weight excluding hydrogens is 244 g/mol. The van der Waals surface area contributed by atoms with Gasteiger partial charge in [-0.1, -0.05) is 36.3 Å². The molecule has 2 atom stereocenters. The van der Waals surface area contributed by atoms with E-state index in [0.717, 1.165) is 5.56 Å². The second-order valence-electron chi connectivity index (χ2n) is 5.12. The van der Waals surface area contributed by atoms with Crippen molar-refractivity contribution in [2.24, 2.45) is 5.41 Å². The van der Waals surface area contributed by atoms with E-state index in [1.165, 1.54) is 0 Å². The van der Waals surface area contributed by atoms with E-state index in [1.807, 2.05) is 51.1 Å². The van der Waals surface area contributed by atoms with E-state index in [2.05, 4.69) is 11.2 Å². The molecule has 2 nitrogen and oxygen atoms in total. The van der Waals surface area contributed by atoms with E-state index in [-0.39, 0.29) is 11.5 Å². The zero-order chi connectivity index (χ0) is 13.6. The van der Waals surface area contributed by atoms with Crippen LogP contribution in [-0.2, 0) is 15.5 Å². The van der Waals surface area contributed by atoms with Crippen molar-refractivity contribution in [1.29, 1.82) is 0 Å². The number of hydrogen-bond acceptors (Lipinski definition) is 2. The van der Waals surface area contributed by atoms with Crippen molar-refractivity contribution in [1.82, 2.24) is 0 Å². The van der Waals surface area contributed by atoms with Gasteiger partial charge in [-0.15, -0.1) is 0 Å². The Morgan fingerprint density at radius 2 is 1.89 bits per heavy atom. The first kappa shape index (κ1) is 14.9. The van der Waals surface area contributed by atoms with E-state index in [0.29, 0.717) is 5.75 Å². The molecule has 1 rings (SSSR count). The van der Waals surface area contributed by atoms with Gasteiger partial charge in [-0.25, -0.2) is 4.21 Å². The van der Waals surface area contributed by atoms with Crippen molar-refractivity contribution >= 4 is 10.8 Å². The lowest BCUT2D eigenvalue weighted by atomic mass is 9.99. The minimum atomic E-state index is -1.18.